The van der Waals surface area contributed by atoms with E-state index in [9.17, 15) is 4.79 Å². The van der Waals surface area contributed by atoms with E-state index in [4.69, 9.17) is 0 Å². The van der Waals surface area contributed by atoms with Gasteiger partial charge in [0.15, 0.2) is 0 Å². The van der Waals surface area contributed by atoms with Crippen LogP contribution >= 0.6 is 0 Å². The Morgan fingerprint density at radius 2 is 1.94 bits per heavy atom. The van der Waals surface area contributed by atoms with Gasteiger partial charge in [-0.1, -0.05) is 32.1 Å². The quantitative estimate of drug-likeness (QED) is 0.832. The Morgan fingerprint density at radius 3 is 2.72 bits per heavy atom. The first-order chi connectivity index (χ1) is 8.83. The molecule has 0 aromatic heterocycles. The minimum Gasteiger partial charge on any atom is -0.341 e. The Labute approximate surface area is 110 Å². The van der Waals surface area contributed by atoms with Crippen LogP contribution in [0.4, 0.5) is 0 Å². The summed E-state index contributed by atoms with van der Waals surface area (Å²) in [4.78, 5) is 14.3. The molecule has 2 saturated heterocycles. The van der Waals surface area contributed by atoms with Gasteiger partial charge in [-0.15, -0.1) is 0 Å². The number of hydrogen-bond donors (Lipinski definition) is 1. The maximum absolute atomic E-state index is 12.2. The first-order valence-corrected chi connectivity index (χ1v) is 7.84. The van der Waals surface area contributed by atoms with E-state index >= 15 is 0 Å². The van der Waals surface area contributed by atoms with Crippen LogP contribution in [-0.4, -0.2) is 36.5 Å². The Bertz CT molecular complexity index is 287. The highest BCUT2D eigenvalue weighted by Gasteiger charge is 2.37. The molecule has 1 saturated carbocycles. The number of carbonyl (C=O) groups excluding carboxylic acids is 1. The Morgan fingerprint density at radius 1 is 1.11 bits per heavy atom. The summed E-state index contributed by atoms with van der Waals surface area (Å²) in [6.45, 7) is 3.13. The van der Waals surface area contributed by atoms with Gasteiger partial charge in [0.1, 0.15) is 0 Å². The molecule has 1 N–H and O–H groups in total. The van der Waals surface area contributed by atoms with Crippen molar-refractivity contribution in [2.45, 2.75) is 57.4 Å². The lowest BCUT2D eigenvalue weighted by Gasteiger charge is -2.23. The maximum atomic E-state index is 12.2. The van der Waals surface area contributed by atoms with E-state index in [-0.39, 0.29) is 0 Å². The van der Waals surface area contributed by atoms with Crippen molar-refractivity contribution < 1.29 is 4.79 Å². The molecule has 0 aromatic carbocycles. The molecule has 0 spiro atoms. The molecular weight excluding hydrogens is 224 g/mol. The van der Waals surface area contributed by atoms with E-state index in [1.807, 2.05) is 0 Å². The fourth-order valence-corrected chi connectivity index (χ4v) is 4.01. The molecule has 0 bridgehead atoms. The van der Waals surface area contributed by atoms with Gasteiger partial charge >= 0.3 is 0 Å². The molecule has 3 nitrogen and oxygen atoms in total. The summed E-state index contributed by atoms with van der Waals surface area (Å²) in [5.41, 5.74) is 0. The van der Waals surface area contributed by atoms with Crippen molar-refractivity contribution in [2.24, 2.45) is 11.8 Å². The summed E-state index contributed by atoms with van der Waals surface area (Å²) in [6, 6.07) is 0.601. The summed E-state index contributed by atoms with van der Waals surface area (Å²) in [5.74, 6) is 1.99. The van der Waals surface area contributed by atoms with Crippen LogP contribution in [0.3, 0.4) is 0 Å². The lowest BCUT2D eigenvalue weighted by Crippen LogP contribution is -2.34. The largest absolute Gasteiger partial charge is 0.341 e. The van der Waals surface area contributed by atoms with Gasteiger partial charge < -0.3 is 10.2 Å². The molecule has 2 heterocycles. The fraction of sp³-hybridized carbons (Fsp3) is 0.933. The van der Waals surface area contributed by atoms with Gasteiger partial charge in [-0.25, -0.2) is 0 Å². The molecule has 0 unspecified atom stereocenters. The van der Waals surface area contributed by atoms with Gasteiger partial charge in [0.2, 0.25) is 5.91 Å². The zero-order valence-electron chi connectivity index (χ0n) is 11.4. The number of likely N-dealkylation sites (tertiary alicyclic amines) is 1. The average molecular weight is 250 g/mol. The van der Waals surface area contributed by atoms with Crippen LogP contribution in [0.15, 0.2) is 0 Å². The fourth-order valence-electron chi connectivity index (χ4n) is 4.01. The standard InChI is InChI=1S/C15H26N2O/c18-15(7-6-12-4-2-1-3-5-12)17-10-13-8-9-16-14(13)11-17/h12-14,16H,1-11H2/t13-,14+/m0/s1. The van der Waals surface area contributed by atoms with Gasteiger partial charge in [0.25, 0.3) is 0 Å². The molecule has 18 heavy (non-hydrogen) atoms. The molecule has 1 amide bonds. The van der Waals surface area contributed by atoms with E-state index < -0.39 is 0 Å². The molecule has 3 aliphatic rings. The lowest BCUT2D eigenvalue weighted by atomic mass is 9.86. The second-order valence-electron chi connectivity index (χ2n) is 6.45. The molecule has 0 radical (unpaired) electrons. The SMILES string of the molecule is O=C(CCC1CCCCC1)N1C[C@@H]2CCN[C@@H]2C1. The van der Waals surface area contributed by atoms with Gasteiger partial charge in [0.05, 0.1) is 0 Å². The Kier molecular flexibility index (Phi) is 3.88. The number of hydrogen-bond acceptors (Lipinski definition) is 2. The maximum Gasteiger partial charge on any atom is 0.222 e. The Balaban J connectivity index is 1.41. The third-order valence-electron chi connectivity index (χ3n) is 5.21. The summed E-state index contributed by atoms with van der Waals surface area (Å²) in [5, 5.41) is 3.51. The van der Waals surface area contributed by atoms with E-state index in [0.717, 1.165) is 44.3 Å². The predicted molar refractivity (Wildman–Crippen MR) is 72.3 cm³/mol. The van der Waals surface area contributed by atoms with Crippen molar-refractivity contribution in [3.63, 3.8) is 0 Å². The van der Waals surface area contributed by atoms with Crippen molar-refractivity contribution in [1.82, 2.24) is 10.2 Å². The van der Waals surface area contributed by atoms with Crippen LogP contribution in [-0.2, 0) is 4.79 Å². The van der Waals surface area contributed by atoms with Crippen molar-refractivity contribution in [1.29, 1.82) is 0 Å². The molecule has 3 rings (SSSR count). The second-order valence-corrected chi connectivity index (χ2v) is 6.45. The summed E-state index contributed by atoms with van der Waals surface area (Å²) in [6.07, 6.45) is 10.1. The van der Waals surface area contributed by atoms with E-state index in [2.05, 4.69) is 10.2 Å². The lowest BCUT2D eigenvalue weighted by molar-refractivity contribution is -0.130. The zero-order chi connectivity index (χ0) is 12.4. The number of amides is 1. The van der Waals surface area contributed by atoms with Crippen molar-refractivity contribution in [2.75, 3.05) is 19.6 Å². The van der Waals surface area contributed by atoms with Gasteiger partial charge in [-0.3, -0.25) is 4.79 Å². The first-order valence-electron chi connectivity index (χ1n) is 7.84. The smallest absolute Gasteiger partial charge is 0.222 e. The molecule has 2 aliphatic heterocycles. The molecule has 3 fully saturated rings. The zero-order valence-corrected chi connectivity index (χ0v) is 11.4. The van der Waals surface area contributed by atoms with Crippen LogP contribution in [0, 0.1) is 11.8 Å². The van der Waals surface area contributed by atoms with Crippen molar-refractivity contribution in [3.05, 3.63) is 0 Å². The second kappa shape index (κ2) is 5.60. The summed E-state index contributed by atoms with van der Waals surface area (Å²) in [7, 11) is 0. The molecular formula is C15H26N2O. The van der Waals surface area contributed by atoms with Gasteiger partial charge in [-0.05, 0) is 31.2 Å². The Hall–Kier alpha value is -0.570. The molecule has 2 atom stereocenters. The van der Waals surface area contributed by atoms with Crippen molar-refractivity contribution >= 4 is 5.91 Å². The van der Waals surface area contributed by atoms with E-state index in [1.54, 1.807) is 0 Å². The van der Waals surface area contributed by atoms with Crippen LogP contribution in [0.1, 0.15) is 51.4 Å². The number of nitrogens with zero attached hydrogens (tertiary/aromatic N) is 1. The monoisotopic (exact) mass is 250 g/mol. The van der Waals surface area contributed by atoms with E-state index in [1.165, 1.54) is 38.5 Å². The van der Waals surface area contributed by atoms with Gasteiger partial charge in [-0.2, -0.15) is 0 Å². The summed E-state index contributed by atoms with van der Waals surface area (Å²) < 4.78 is 0. The number of carbonyl (C=O) groups is 1. The van der Waals surface area contributed by atoms with Crippen LogP contribution < -0.4 is 5.32 Å². The predicted octanol–water partition coefficient (Wildman–Crippen LogP) is 2.17. The highest BCUT2D eigenvalue weighted by Crippen LogP contribution is 2.29. The van der Waals surface area contributed by atoms with Crippen LogP contribution in [0.25, 0.3) is 0 Å². The number of nitrogens with one attached hydrogen (secondary N) is 1. The van der Waals surface area contributed by atoms with Gasteiger partial charge in [0, 0.05) is 25.6 Å². The minimum atomic E-state index is 0.414. The number of fused-ring (bicyclic) bond motifs is 1. The molecule has 3 heteroatoms. The molecule has 1 aliphatic carbocycles. The topological polar surface area (TPSA) is 32.3 Å². The minimum absolute atomic E-state index is 0.414. The average Bonchev–Trinajstić information content (AvgIpc) is 2.98. The third-order valence-corrected chi connectivity index (χ3v) is 5.21. The number of rotatable bonds is 3. The summed E-state index contributed by atoms with van der Waals surface area (Å²) >= 11 is 0. The highest BCUT2D eigenvalue weighted by molar-refractivity contribution is 5.76. The van der Waals surface area contributed by atoms with Crippen LogP contribution in [0.2, 0.25) is 0 Å². The molecule has 0 aromatic rings. The van der Waals surface area contributed by atoms with E-state index in [0.29, 0.717) is 11.9 Å². The third kappa shape index (κ3) is 2.71. The first kappa shape index (κ1) is 12.5. The normalized spacial score (nSPS) is 32.8. The highest BCUT2D eigenvalue weighted by atomic mass is 16.2. The van der Waals surface area contributed by atoms with Crippen LogP contribution in [0.5, 0.6) is 0 Å². The van der Waals surface area contributed by atoms with Crippen molar-refractivity contribution in [3.8, 4) is 0 Å². The molecule has 102 valence electrons.